The molecule has 0 radical (unpaired) electrons. The van der Waals surface area contributed by atoms with Gasteiger partial charge in [0.2, 0.25) is 0 Å². The lowest BCUT2D eigenvalue weighted by Crippen LogP contribution is -2.39. The van der Waals surface area contributed by atoms with E-state index in [-0.39, 0.29) is 6.07 Å². The summed E-state index contributed by atoms with van der Waals surface area (Å²) in [7, 11) is 0. The Hall–Kier alpha value is -2.42. The maximum atomic E-state index is 12.8. The van der Waals surface area contributed by atoms with Gasteiger partial charge in [-0.05, 0) is 36.6 Å². The summed E-state index contributed by atoms with van der Waals surface area (Å²) in [6, 6.07) is -0.534. The van der Waals surface area contributed by atoms with Crippen LogP contribution in [0.1, 0.15) is 40.7 Å². The largest absolute Gasteiger partial charge is 0.416 e. The Bertz CT molecular complexity index is 676. The van der Waals surface area contributed by atoms with Crippen LogP contribution in [0.15, 0.2) is 23.3 Å². The summed E-state index contributed by atoms with van der Waals surface area (Å²) in [6.45, 7) is 0. The van der Waals surface area contributed by atoms with E-state index in [2.05, 4.69) is 15.3 Å². The zero-order chi connectivity index (χ0) is 18.8. The van der Waals surface area contributed by atoms with Gasteiger partial charge < -0.3 is 5.32 Å². The number of amides is 1. The van der Waals surface area contributed by atoms with Gasteiger partial charge in [-0.25, -0.2) is 0 Å². The molecule has 0 saturated heterocycles. The van der Waals surface area contributed by atoms with Crippen molar-refractivity contribution in [2.75, 3.05) is 0 Å². The summed E-state index contributed by atoms with van der Waals surface area (Å²) < 4.78 is 76.9. The highest BCUT2D eigenvalue weighted by Crippen LogP contribution is 2.36. The molecule has 0 aliphatic heterocycles. The third-order valence-corrected chi connectivity index (χ3v) is 3.85. The average Bonchev–Trinajstić information content (AvgIpc) is 2.92. The van der Waals surface area contributed by atoms with Gasteiger partial charge in [-0.3, -0.25) is 4.79 Å². The van der Waals surface area contributed by atoms with Crippen molar-refractivity contribution >= 4 is 5.91 Å². The van der Waals surface area contributed by atoms with Crippen LogP contribution in [0.4, 0.5) is 26.3 Å². The molecule has 2 rings (SSSR count). The molecule has 0 spiro atoms. The maximum absolute atomic E-state index is 12.8. The molecule has 0 aromatic heterocycles. The van der Waals surface area contributed by atoms with Crippen LogP contribution in [-0.4, -0.2) is 18.0 Å². The first kappa shape index (κ1) is 18.9. The number of hydrogen-bond acceptors (Lipinski definition) is 2. The Kier molecular flexibility index (Phi) is 5.17. The van der Waals surface area contributed by atoms with E-state index in [4.69, 9.17) is 5.53 Å². The second kappa shape index (κ2) is 6.83. The molecule has 1 aromatic carbocycles. The fraction of sp³-hybridized carbons (Fsp3) is 0.500. The predicted molar refractivity (Wildman–Crippen MR) is 74.5 cm³/mol. The maximum Gasteiger partial charge on any atom is 0.416 e. The zero-order valence-electron chi connectivity index (χ0n) is 12.5. The predicted octanol–water partition coefficient (Wildman–Crippen LogP) is 4.69. The van der Waals surface area contributed by atoms with Gasteiger partial charge in [0.15, 0.2) is 0 Å². The Morgan fingerprint density at radius 1 is 1.08 bits per heavy atom. The summed E-state index contributed by atoms with van der Waals surface area (Å²) in [5, 5.41) is 5.82. The Balaban J connectivity index is 2.34. The van der Waals surface area contributed by atoms with Crippen LogP contribution in [0, 0.1) is 0 Å². The number of alkyl halides is 6. The SMILES string of the molecule is [N-]=[N+]=N[C@H]1CCC[C@@H]1NC(=O)c1cc(C(F)(F)F)cc(C(F)(F)F)c1. The number of nitrogens with zero attached hydrogens (tertiary/aromatic N) is 3. The van der Waals surface area contributed by atoms with E-state index in [1.807, 2.05) is 0 Å². The standard InChI is InChI=1S/C14H12F6N4O/c15-13(16,17)8-4-7(5-9(6-8)14(18,19)20)12(25)22-10-2-1-3-11(10)23-24-21/h4-6,10-11H,1-3H2,(H,22,25)/t10-,11-/m0/s1. The molecular formula is C14H12F6N4O. The first-order valence-electron chi connectivity index (χ1n) is 7.17. The second-order valence-electron chi connectivity index (χ2n) is 5.58. The van der Waals surface area contributed by atoms with Crippen molar-refractivity contribution in [3.05, 3.63) is 45.3 Å². The van der Waals surface area contributed by atoms with Gasteiger partial charge in [0.05, 0.1) is 17.2 Å². The molecule has 1 aliphatic rings. The van der Waals surface area contributed by atoms with Gasteiger partial charge in [0.25, 0.3) is 5.91 Å². The van der Waals surface area contributed by atoms with Gasteiger partial charge in [0, 0.05) is 16.5 Å². The molecule has 1 amide bonds. The minimum atomic E-state index is -5.03. The number of rotatable bonds is 3. The van der Waals surface area contributed by atoms with Crippen LogP contribution in [0.2, 0.25) is 0 Å². The van der Waals surface area contributed by atoms with E-state index in [0.29, 0.717) is 31.4 Å². The molecule has 0 heterocycles. The van der Waals surface area contributed by atoms with Crippen LogP contribution < -0.4 is 5.32 Å². The molecule has 2 atom stereocenters. The van der Waals surface area contributed by atoms with Crippen molar-refractivity contribution in [1.29, 1.82) is 0 Å². The summed E-state index contributed by atoms with van der Waals surface area (Å²) >= 11 is 0. The molecule has 1 aliphatic carbocycles. The third-order valence-electron chi connectivity index (χ3n) is 3.85. The summed E-state index contributed by atoms with van der Waals surface area (Å²) in [5.41, 5.74) is 4.56. The fourth-order valence-electron chi connectivity index (χ4n) is 2.65. The van der Waals surface area contributed by atoms with E-state index in [1.165, 1.54) is 0 Å². The topological polar surface area (TPSA) is 77.9 Å². The molecule has 1 N–H and O–H groups in total. The minimum absolute atomic E-state index is 0.0465. The van der Waals surface area contributed by atoms with Crippen LogP contribution in [-0.2, 0) is 12.4 Å². The second-order valence-corrected chi connectivity index (χ2v) is 5.58. The smallest absolute Gasteiger partial charge is 0.349 e. The Labute approximate surface area is 137 Å². The first-order valence-corrected chi connectivity index (χ1v) is 7.17. The van der Waals surface area contributed by atoms with Gasteiger partial charge in [-0.2, -0.15) is 26.3 Å². The monoisotopic (exact) mass is 366 g/mol. The van der Waals surface area contributed by atoms with E-state index in [0.717, 1.165) is 0 Å². The Morgan fingerprint density at radius 2 is 1.64 bits per heavy atom. The number of nitrogens with one attached hydrogen (secondary N) is 1. The van der Waals surface area contributed by atoms with Crippen LogP contribution in [0.5, 0.6) is 0 Å². The van der Waals surface area contributed by atoms with Crippen molar-refractivity contribution < 1.29 is 31.1 Å². The summed E-state index contributed by atoms with van der Waals surface area (Å²) in [5.74, 6) is -1.08. The van der Waals surface area contributed by atoms with Crippen LogP contribution in [0.3, 0.4) is 0 Å². The number of carbonyl (C=O) groups is 1. The van der Waals surface area contributed by atoms with E-state index < -0.39 is 47.0 Å². The van der Waals surface area contributed by atoms with Crippen molar-refractivity contribution in [3.63, 3.8) is 0 Å². The first-order chi connectivity index (χ1) is 11.5. The fourth-order valence-corrected chi connectivity index (χ4v) is 2.65. The number of halogens is 6. The quantitative estimate of drug-likeness (QED) is 0.358. The number of hydrogen-bond donors (Lipinski definition) is 1. The molecule has 1 aromatic rings. The van der Waals surface area contributed by atoms with Gasteiger partial charge >= 0.3 is 12.4 Å². The minimum Gasteiger partial charge on any atom is -0.349 e. The molecule has 0 bridgehead atoms. The molecule has 11 heteroatoms. The molecule has 1 saturated carbocycles. The van der Waals surface area contributed by atoms with Crippen molar-refractivity contribution in [2.24, 2.45) is 5.11 Å². The van der Waals surface area contributed by atoms with Crippen molar-refractivity contribution in [3.8, 4) is 0 Å². The highest BCUT2D eigenvalue weighted by atomic mass is 19.4. The van der Waals surface area contributed by atoms with Gasteiger partial charge in [-0.15, -0.1) is 0 Å². The van der Waals surface area contributed by atoms with E-state index in [9.17, 15) is 31.1 Å². The van der Waals surface area contributed by atoms with Crippen molar-refractivity contribution in [2.45, 2.75) is 43.7 Å². The van der Waals surface area contributed by atoms with Crippen LogP contribution in [0.25, 0.3) is 10.4 Å². The van der Waals surface area contributed by atoms with Crippen LogP contribution >= 0.6 is 0 Å². The number of carbonyl (C=O) groups excluding carboxylic acids is 1. The molecule has 136 valence electrons. The Morgan fingerprint density at radius 3 is 2.12 bits per heavy atom. The molecule has 0 unspecified atom stereocenters. The highest BCUT2D eigenvalue weighted by molar-refractivity contribution is 5.95. The summed E-state index contributed by atoms with van der Waals surface area (Å²) in [6.07, 6.45) is -8.55. The lowest BCUT2D eigenvalue weighted by atomic mass is 10.0. The van der Waals surface area contributed by atoms with Gasteiger partial charge in [0.1, 0.15) is 0 Å². The molecule has 25 heavy (non-hydrogen) atoms. The highest BCUT2D eigenvalue weighted by Gasteiger charge is 2.38. The molecule has 1 fully saturated rings. The van der Waals surface area contributed by atoms with Crippen molar-refractivity contribution in [1.82, 2.24) is 5.32 Å². The zero-order valence-corrected chi connectivity index (χ0v) is 12.5. The normalized spacial score (nSPS) is 20.9. The third kappa shape index (κ3) is 4.56. The summed E-state index contributed by atoms with van der Waals surface area (Å²) in [4.78, 5) is 14.7. The van der Waals surface area contributed by atoms with E-state index >= 15 is 0 Å². The molecular weight excluding hydrogens is 354 g/mol. The number of benzene rings is 1. The van der Waals surface area contributed by atoms with E-state index in [1.54, 1.807) is 0 Å². The molecule has 5 nitrogen and oxygen atoms in total. The van der Waals surface area contributed by atoms with Gasteiger partial charge in [-0.1, -0.05) is 11.5 Å². The lowest BCUT2D eigenvalue weighted by Gasteiger charge is -2.18. The number of azide groups is 1. The lowest BCUT2D eigenvalue weighted by molar-refractivity contribution is -0.143. The average molecular weight is 366 g/mol.